The summed E-state index contributed by atoms with van der Waals surface area (Å²) in [5.74, 6) is 0.623. The Bertz CT molecular complexity index is 746. The van der Waals surface area contributed by atoms with Crippen molar-refractivity contribution in [3.63, 3.8) is 0 Å². The zero-order valence-electron chi connectivity index (χ0n) is 18.0. The van der Waals surface area contributed by atoms with Gasteiger partial charge in [0.2, 0.25) is 10.0 Å². The number of hydrogen-bond acceptors (Lipinski definition) is 4. The Morgan fingerprint density at radius 2 is 1.76 bits per heavy atom. The van der Waals surface area contributed by atoms with Crippen LogP contribution in [-0.2, 0) is 20.2 Å². The van der Waals surface area contributed by atoms with E-state index in [9.17, 15) is 8.42 Å². The molecule has 0 saturated carbocycles. The lowest BCUT2D eigenvalue weighted by atomic mass is 9.85. The molecule has 2 unspecified atom stereocenters. The Morgan fingerprint density at radius 3 is 2.31 bits per heavy atom. The molecule has 9 heteroatoms. The van der Waals surface area contributed by atoms with Crippen LogP contribution in [0.5, 0.6) is 0 Å². The summed E-state index contributed by atoms with van der Waals surface area (Å²) in [4.78, 5) is 4.21. The number of aliphatic imine (C=N–C) groups is 1. The maximum absolute atomic E-state index is 12.6. The van der Waals surface area contributed by atoms with E-state index < -0.39 is 10.0 Å². The fourth-order valence-corrected chi connectivity index (χ4v) is 4.79. The lowest BCUT2D eigenvalue weighted by molar-refractivity contribution is -0.0440. The molecule has 0 aromatic heterocycles. The zero-order chi connectivity index (χ0) is 20.8. The zero-order valence-corrected chi connectivity index (χ0v) is 21.2. The Hall–Kier alpha value is -0.910. The summed E-state index contributed by atoms with van der Waals surface area (Å²) < 4.78 is 32.4. The van der Waals surface area contributed by atoms with Crippen LogP contribution in [0.1, 0.15) is 33.3 Å². The van der Waals surface area contributed by atoms with Crippen molar-refractivity contribution in [1.82, 2.24) is 14.9 Å². The van der Waals surface area contributed by atoms with Crippen LogP contribution in [0.15, 0.2) is 35.3 Å². The summed E-state index contributed by atoms with van der Waals surface area (Å²) in [6.07, 6.45) is -0.165. The van der Waals surface area contributed by atoms with Gasteiger partial charge in [-0.1, -0.05) is 44.2 Å². The number of nitrogens with zero attached hydrogens (tertiary/aromatic N) is 2. The van der Waals surface area contributed by atoms with Crippen LogP contribution < -0.4 is 10.6 Å². The molecule has 166 valence electrons. The highest BCUT2D eigenvalue weighted by atomic mass is 127. The fourth-order valence-electron chi connectivity index (χ4n) is 3.30. The minimum Gasteiger partial charge on any atom is -0.373 e. The first-order valence-electron chi connectivity index (χ1n) is 9.77. The van der Waals surface area contributed by atoms with Gasteiger partial charge in [0, 0.05) is 38.6 Å². The summed E-state index contributed by atoms with van der Waals surface area (Å²) in [6.45, 7) is 9.92. The van der Waals surface area contributed by atoms with Gasteiger partial charge in [-0.3, -0.25) is 4.99 Å². The predicted octanol–water partition coefficient (Wildman–Crippen LogP) is 2.19. The largest absolute Gasteiger partial charge is 0.373 e. The van der Waals surface area contributed by atoms with Crippen molar-refractivity contribution in [3.8, 4) is 0 Å². The summed E-state index contributed by atoms with van der Waals surface area (Å²) in [5, 5.41) is 6.41. The lowest BCUT2D eigenvalue weighted by Crippen LogP contribution is -2.50. The van der Waals surface area contributed by atoms with Crippen LogP contribution in [0, 0.1) is 0 Å². The van der Waals surface area contributed by atoms with Crippen molar-refractivity contribution >= 4 is 40.0 Å². The maximum atomic E-state index is 12.6. The van der Waals surface area contributed by atoms with Crippen LogP contribution in [0.2, 0.25) is 0 Å². The fraction of sp³-hybridized carbons (Fsp3) is 0.650. The molecule has 1 aliphatic heterocycles. The van der Waals surface area contributed by atoms with Gasteiger partial charge in [0.1, 0.15) is 0 Å². The molecule has 0 bridgehead atoms. The molecular formula is C20H35IN4O3S. The van der Waals surface area contributed by atoms with Crippen LogP contribution in [0.3, 0.4) is 0 Å². The quantitative estimate of drug-likeness (QED) is 0.316. The molecule has 2 atom stereocenters. The Kier molecular flexibility index (Phi) is 10.3. The molecule has 29 heavy (non-hydrogen) atoms. The second-order valence-electron chi connectivity index (χ2n) is 7.99. The third-order valence-corrected chi connectivity index (χ3v) is 6.71. The molecule has 1 aliphatic rings. The molecule has 1 aromatic carbocycles. The molecular weight excluding hydrogens is 503 g/mol. The van der Waals surface area contributed by atoms with E-state index in [0.717, 1.165) is 0 Å². The van der Waals surface area contributed by atoms with Crippen molar-refractivity contribution in [2.24, 2.45) is 4.99 Å². The Balaban J connectivity index is 0.00000420. The van der Waals surface area contributed by atoms with Gasteiger partial charge in [-0.25, -0.2) is 8.42 Å². The number of benzene rings is 1. The van der Waals surface area contributed by atoms with Gasteiger partial charge in [0.25, 0.3) is 0 Å². The van der Waals surface area contributed by atoms with Crippen LogP contribution in [0.25, 0.3) is 0 Å². The molecule has 0 spiro atoms. The number of nitrogens with one attached hydrogen (secondary N) is 2. The summed E-state index contributed by atoms with van der Waals surface area (Å²) in [5.41, 5.74) is 1.15. The number of rotatable bonds is 7. The minimum absolute atomic E-state index is 0. The predicted molar refractivity (Wildman–Crippen MR) is 130 cm³/mol. The number of hydrogen-bond donors (Lipinski definition) is 2. The third kappa shape index (κ3) is 8.03. The molecule has 1 fully saturated rings. The molecule has 0 amide bonds. The van der Waals surface area contributed by atoms with Crippen molar-refractivity contribution < 1.29 is 13.2 Å². The first-order chi connectivity index (χ1) is 13.1. The third-order valence-electron chi connectivity index (χ3n) is 4.91. The first-order valence-corrected chi connectivity index (χ1v) is 11.4. The number of halogens is 1. The molecule has 0 aliphatic carbocycles. The topological polar surface area (TPSA) is 83.0 Å². The number of ether oxygens (including phenoxy) is 1. The van der Waals surface area contributed by atoms with Crippen LogP contribution >= 0.6 is 24.0 Å². The first kappa shape index (κ1) is 26.1. The lowest BCUT2D eigenvalue weighted by Gasteiger charge is -2.34. The van der Waals surface area contributed by atoms with Crippen molar-refractivity contribution in [3.05, 3.63) is 35.9 Å². The van der Waals surface area contributed by atoms with E-state index >= 15 is 0 Å². The molecule has 7 nitrogen and oxygen atoms in total. The van der Waals surface area contributed by atoms with Crippen molar-refractivity contribution in [1.29, 1.82) is 0 Å². The molecule has 2 rings (SSSR count). The van der Waals surface area contributed by atoms with E-state index in [1.54, 1.807) is 7.05 Å². The summed E-state index contributed by atoms with van der Waals surface area (Å²) in [7, 11) is -1.65. The monoisotopic (exact) mass is 538 g/mol. The van der Waals surface area contributed by atoms with Gasteiger partial charge in [0.05, 0.1) is 18.0 Å². The molecule has 0 radical (unpaired) electrons. The minimum atomic E-state index is -3.33. The van der Waals surface area contributed by atoms with Crippen molar-refractivity contribution in [2.45, 2.75) is 45.3 Å². The second-order valence-corrected chi connectivity index (χ2v) is 10.1. The smallest absolute Gasteiger partial charge is 0.216 e. The van der Waals surface area contributed by atoms with E-state index in [2.05, 4.69) is 41.6 Å². The molecule has 1 heterocycles. The molecule has 1 saturated heterocycles. The van der Waals surface area contributed by atoms with Gasteiger partial charge in [-0.15, -0.1) is 24.0 Å². The standard InChI is InChI=1S/C20H34N4O3S.HI/c1-16-13-24(14-17(2)27-16)28(25,26)12-11-22-19(21-5)23-15-20(3,4)18-9-7-6-8-10-18;/h6-10,16-17H,11-15H2,1-5H3,(H2,21,22,23);1H. The van der Waals surface area contributed by atoms with E-state index in [-0.39, 0.29) is 47.4 Å². The van der Waals surface area contributed by atoms with E-state index in [0.29, 0.717) is 32.1 Å². The SMILES string of the molecule is CN=C(NCCS(=O)(=O)N1CC(C)OC(C)C1)NCC(C)(C)c1ccccc1.I. The Labute approximate surface area is 192 Å². The van der Waals surface area contributed by atoms with Gasteiger partial charge in [0.15, 0.2) is 5.96 Å². The summed E-state index contributed by atoms with van der Waals surface area (Å²) >= 11 is 0. The van der Waals surface area contributed by atoms with Crippen LogP contribution in [0.4, 0.5) is 0 Å². The normalized spacial score (nSPS) is 21.3. The average molecular weight is 538 g/mol. The van der Waals surface area contributed by atoms with Gasteiger partial charge < -0.3 is 15.4 Å². The number of guanidine groups is 1. The summed E-state index contributed by atoms with van der Waals surface area (Å²) in [6, 6.07) is 10.3. The van der Waals surface area contributed by atoms with Crippen LogP contribution in [-0.4, -0.2) is 69.9 Å². The van der Waals surface area contributed by atoms with Gasteiger partial charge >= 0.3 is 0 Å². The Morgan fingerprint density at radius 1 is 1.17 bits per heavy atom. The second kappa shape index (κ2) is 11.5. The maximum Gasteiger partial charge on any atom is 0.216 e. The highest BCUT2D eigenvalue weighted by Gasteiger charge is 2.30. The van der Waals surface area contributed by atoms with E-state index in [1.165, 1.54) is 9.87 Å². The average Bonchev–Trinajstić information content (AvgIpc) is 2.64. The van der Waals surface area contributed by atoms with Gasteiger partial charge in [-0.2, -0.15) is 4.31 Å². The number of morpholine rings is 1. The number of sulfonamides is 1. The molecule has 2 N–H and O–H groups in total. The van der Waals surface area contributed by atoms with Gasteiger partial charge in [-0.05, 0) is 19.4 Å². The highest BCUT2D eigenvalue weighted by molar-refractivity contribution is 14.0. The van der Waals surface area contributed by atoms with E-state index in [1.807, 2.05) is 32.0 Å². The molecule has 1 aromatic rings. The van der Waals surface area contributed by atoms with Crippen molar-refractivity contribution in [2.75, 3.05) is 39.0 Å². The van der Waals surface area contributed by atoms with E-state index in [4.69, 9.17) is 4.74 Å². The highest BCUT2D eigenvalue weighted by Crippen LogP contribution is 2.21.